The zero-order valence-corrected chi connectivity index (χ0v) is 5.89. The molecule has 5 N–H and O–H groups in total. The van der Waals surface area contributed by atoms with Crippen molar-refractivity contribution < 1.29 is 0 Å². The summed E-state index contributed by atoms with van der Waals surface area (Å²) in [6.45, 7) is 0. The lowest BCUT2D eigenvalue weighted by Crippen LogP contribution is -2.35. The Hall–Kier alpha value is -1.55. The van der Waals surface area contributed by atoms with E-state index in [1.165, 1.54) is 0 Å². The van der Waals surface area contributed by atoms with Crippen molar-refractivity contribution in [1.29, 1.82) is 5.41 Å². The minimum atomic E-state index is 0.0598. The molecule has 1 aromatic carbocycles. The second kappa shape index (κ2) is 3.58. The van der Waals surface area contributed by atoms with Crippen LogP contribution in [0.1, 0.15) is 0 Å². The standard InChI is InChI=1S/C7H9N4/c8-7(11-9)10-6-4-2-1-3-5-6/h1-2,4-5H,9H2,(H3,8,10,11). The van der Waals surface area contributed by atoms with Crippen LogP contribution in [0, 0.1) is 11.5 Å². The Morgan fingerprint density at radius 2 is 2.45 bits per heavy atom. The Labute approximate surface area is 64.9 Å². The summed E-state index contributed by atoms with van der Waals surface area (Å²) in [7, 11) is 0. The molecule has 4 heteroatoms. The van der Waals surface area contributed by atoms with Crippen molar-refractivity contribution in [2.45, 2.75) is 0 Å². The Morgan fingerprint density at radius 1 is 1.64 bits per heavy atom. The quantitative estimate of drug-likeness (QED) is 0.201. The predicted molar refractivity (Wildman–Crippen MR) is 44.0 cm³/mol. The minimum absolute atomic E-state index is 0.0598. The highest BCUT2D eigenvalue weighted by Gasteiger charge is 1.91. The smallest absolute Gasteiger partial charge is 0.207 e. The molecule has 1 radical (unpaired) electrons. The molecule has 57 valence electrons. The Bertz CT molecular complexity index is 231. The average molecular weight is 149 g/mol. The van der Waals surface area contributed by atoms with Crippen LogP contribution in [0.25, 0.3) is 0 Å². The first kappa shape index (κ1) is 7.56. The van der Waals surface area contributed by atoms with Crippen molar-refractivity contribution in [3.63, 3.8) is 0 Å². The summed E-state index contributed by atoms with van der Waals surface area (Å²) < 4.78 is 0. The predicted octanol–water partition coefficient (Wildman–Crippen LogP) is 0.297. The van der Waals surface area contributed by atoms with Crippen molar-refractivity contribution in [1.82, 2.24) is 5.43 Å². The van der Waals surface area contributed by atoms with E-state index in [4.69, 9.17) is 11.3 Å². The lowest BCUT2D eigenvalue weighted by molar-refractivity contribution is 1.01. The zero-order chi connectivity index (χ0) is 8.10. The number of hydrazine groups is 1. The van der Waals surface area contributed by atoms with E-state index in [0.29, 0.717) is 0 Å². The molecule has 0 fully saturated rings. The number of benzene rings is 1. The molecule has 0 amide bonds. The lowest BCUT2D eigenvalue weighted by atomic mass is 10.3. The zero-order valence-electron chi connectivity index (χ0n) is 5.89. The van der Waals surface area contributed by atoms with Gasteiger partial charge in [-0.2, -0.15) is 0 Å². The van der Waals surface area contributed by atoms with E-state index in [9.17, 15) is 0 Å². The van der Waals surface area contributed by atoms with Gasteiger partial charge >= 0.3 is 0 Å². The summed E-state index contributed by atoms with van der Waals surface area (Å²) in [5, 5.41) is 9.82. The van der Waals surface area contributed by atoms with Gasteiger partial charge in [-0.05, 0) is 18.2 Å². The minimum Gasteiger partial charge on any atom is -0.325 e. The van der Waals surface area contributed by atoms with Crippen molar-refractivity contribution in [2.75, 3.05) is 5.32 Å². The van der Waals surface area contributed by atoms with Crippen LogP contribution in [0.4, 0.5) is 5.69 Å². The second-order valence-corrected chi connectivity index (χ2v) is 1.94. The SMILES string of the molecule is N=C(NN)Nc1c[c]ccc1. The maximum atomic E-state index is 7.11. The number of nitrogens with two attached hydrogens (primary N) is 1. The van der Waals surface area contributed by atoms with Gasteiger partial charge in [0.05, 0.1) is 0 Å². The van der Waals surface area contributed by atoms with Gasteiger partial charge in [0.1, 0.15) is 0 Å². The van der Waals surface area contributed by atoms with Crippen LogP contribution in [-0.4, -0.2) is 5.96 Å². The number of rotatable bonds is 1. The molecular weight excluding hydrogens is 140 g/mol. The molecule has 1 rings (SSSR count). The topological polar surface area (TPSA) is 73.9 Å². The maximum Gasteiger partial charge on any atom is 0.207 e. The summed E-state index contributed by atoms with van der Waals surface area (Å²) in [5.74, 6) is 5.03. The van der Waals surface area contributed by atoms with Crippen molar-refractivity contribution in [3.8, 4) is 0 Å². The van der Waals surface area contributed by atoms with Crippen LogP contribution in [0.5, 0.6) is 0 Å². The first-order valence-corrected chi connectivity index (χ1v) is 3.11. The highest BCUT2D eigenvalue weighted by atomic mass is 15.3. The van der Waals surface area contributed by atoms with E-state index in [2.05, 4.69) is 16.8 Å². The average Bonchev–Trinajstić information content (AvgIpc) is 2.06. The molecule has 1 aromatic rings. The molecule has 4 nitrogen and oxygen atoms in total. The Balaban J connectivity index is 2.58. The first-order valence-electron chi connectivity index (χ1n) is 3.11. The fourth-order valence-electron chi connectivity index (χ4n) is 0.652. The molecule has 0 aliphatic rings. The van der Waals surface area contributed by atoms with Crippen molar-refractivity contribution in [3.05, 3.63) is 30.3 Å². The first-order chi connectivity index (χ1) is 5.33. The Morgan fingerprint density at radius 3 is 3.00 bits per heavy atom. The van der Waals surface area contributed by atoms with Gasteiger partial charge in [0, 0.05) is 5.69 Å². The van der Waals surface area contributed by atoms with Gasteiger partial charge in [0.15, 0.2) is 0 Å². The van der Waals surface area contributed by atoms with Crippen LogP contribution < -0.4 is 16.6 Å². The van der Waals surface area contributed by atoms with E-state index < -0.39 is 0 Å². The second-order valence-electron chi connectivity index (χ2n) is 1.94. The van der Waals surface area contributed by atoms with E-state index >= 15 is 0 Å². The lowest BCUT2D eigenvalue weighted by Gasteiger charge is -2.04. The number of guanidine groups is 1. The highest BCUT2D eigenvalue weighted by molar-refractivity contribution is 5.90. The van der Waals surface area contributed by atoms with Gasteiger partial charge in [-0.1, -0.05) is 12.1 Å². The van der Waals surface area contributed by atoms with Crippen molar-refractivity contribution in [2.24, 2.45) is 5.84 Å². The normalized spacial score (nSPS) is 8.82. The number of hydrogen-bond acceptors (Lipinski definition) is 2. The molecule has 0 aromatic heterocycles. The molecule has 0 bridgehead atoms. The van der Waals surface area contributed by atoms with E-state index in [1.54, 1.807) is 12.1 Å². The molecule has 0 heterocycles. The fourth-order valence-corrected chi connectivity index (χ4v) is 0.652. The van der Waals surface area contributed by atoms with Gasteiger partial charge in [-0.25, -0.2) is 5.84 Å². The molecule has 0 saturated heterocycles. The Kier molecular flexibility index (Phi) is 2.46. The largest absolute Gasteiger partial charge is 0.325 e. The highest BCUT2D eigenvalue weighted by Crippen LogP contribution is 2.02. The van der Waals surface area contributed by atoms with Crippen molar-refractivity contribution >= 4 is 11.6 Å². The van der Waals surface area contributed by atoms with Crippen LogP contribution >= 0.6 is 0 Å². The third-order valence-electron chi connectivity index (χ3n) is 1.12. The van der Waals surface area contributed by atoms with Gasteiger partial charge in [-0.3, -0.25) is 10.8 Å². The molecule has 0 spiro atoms. The van der Waals surface area contributed by atoms with Crippen LogP contribution in [-0.2, 0) is 0 Å². The maximum absolute atomic E-state index is 7.11. The monoisotopic (exact) mass is 149 g/mol. The molecule has 11 heavy (non-hydrogen) atoms. The van der Waals surface area contributed by atoms with E-state index in [1.807, 2.05) is 12.1 Å². The third kappa shape index (κ3) is 2.27. The molecule has 0 aliphatic heterocycles. The molecule has 0 saturated carbocycles. The number of hydrogen-bond donors (Lipinski definition) is 4. The molecule has 0 unspecified atom stereocenters. The van der Waals surface area contributed by atoms with E-state index in [-0.39, 0.29) is 5.96 Å². The fraction of sp³-hybridized carbons (Fsp3) is 0. The van der Waals surface area contributed by atoms with Gasteiger partial charge in [0.2, 0.25) is 5.96 Å². The van der Waals surface area contributed by atoms with Crippen LogP contribution in [0.3, 0.4) is 0 Å². The number of nitrogens with one attached hydrogen (secondary N) is 3. The molecular formula is C7H9N4. The summed E-state index contributed by atoms with van der Waals surface area (Å²) in [6, 6.07) is 10.0. The van der Waals surface area contributed by atoms with Gasteiger partial charge in [0.25, 0.3) is 0 Å². The third-order valence-corrected chi connectivity index (χ3v) is 1.12. The number of anilines is 1. The summed E-state index contributed by atoms with van der Waals surface area (Å²) >= 11 is 0. The van der Waals surface area contributed by atoms with Gasteiger partial charge < -0.3 is 5.32 Å². The molecule has 0 aliphatic carbocycles. The van der Waals surface area contributed by atoms with Crippen LogP contribution in [0.2, 0.25) is 0 Å². The summed E-state index contributed by atoms with van der Waals surface area (Å²) in [5.41, 5.74) is 2.96. The van der Waals surface area contributed by atoms with Crippen LogP contribution in [0.15, 0.2) is 24.3 Å². The summed E-state index contributed by atoms with van der Waals surface area (Å²) in [4.78, 5) is 0. The van der Waals surface area contributed by atoms with Gasteiger partial charge in [-0.15, -0.1) is 0 Å². The summed E-state index contributed by atoms with van der Waals surface area (Å²) in [6.07, 6.45) is 0. The molecule has 0 atom stereocenters. The van der Waals surface area contributed by atoms with E-state index in [0.717, 1.165) is 5.69 Å².